The number of nitrogens with zero attached hydrogens (tertiary/aromatic N) is 1. The fourth-order valence-corrected chi connectivity index (χ4v) is 3.17. The summed E-state index contributed by atoms with van der Waals surface area (Å²) in [6.07, 6.45) is -2.99. The molecule has 0 saturated carbocycles. The number of rotatable bonds is 6. The van der Waals surface area contributed by atoms with E-state index in [0.717, 1.165) is 26.7 Å². The van der Waals surface area contributed by atoms with E-state index in [1.54, 1.807) is 24.3 Å². The molecule has 0 bridgehead atoms. The molecule has 1 fully saturated rings. The fourth-order valence-electron chi connectivity index (χ4n) is 2.98. The SMILES string of the molecule is CC(C)(NC(=O)CN1CCC(CNC(=O)c2cccc(Cl)c2)CC1)C(F)(F)F. The Balaban J connectivity index is 1.72. The second kappa shape index (κ2) is 9.13. The van der Waals surface area contributed by atoms with E-state index in [4.69, 9.17) is 11.6 Å². The summed E-state index contributed by atoms with van der Waals surface area (Å²) >= 11 is 5.88. The Kier molecular flexibility index (Phi) is 7.33. The molecular formula is C19H25ClF3N3O2. The van der Waals surface area contributed by atoms with E-state index in [-0.39, 0.29) is 18.4 Å². The number of amides is 2. The van der Waals surface area contributed by atoms with E-state index in [1.807, 2.05) is 10.2 Å². The number of hydrogen-bond donors (Lipinski definition) is 2. The Morgan fingerprint density at radius 2 is 1.86 bits per heavy atom. The molecule has 9 heteroatoms. The lowest BCUT2D eigenvalue weighted by Crippen LogP contribution is -2.56. The van der Waals surface area contributed by atoms with Crippen LogP contribution in [0.3, 0.4) is 0 Å². The van der Waals surface area contributed by atoms with Crippen LogP contribution in [0.2, 0.25) is 5.02 Å². The minimum Gasteiger partial charge on any atom is -0.352 e. The molecular weight excluding hydrogens is 395 g/mol. The van der Waals surface area contributed by atoms with Crippen LogP contribution < -0.4 is 10.6 Å². The Morgan fingerprint density at radius 1 is 1.21 bits per heavy atom. The van der Waals surface area contributed by atoms with Crippen LogP contribution in [0.1, 0.15) is 37.0 Å². The van der Waals surface area contributed by atoms with Gasteiger partial charge < -0.3 is 10.6 Å². The van der Waals surface area contributed by atoms with E-state index in [2.05, 4.69) is 5.32 Å². The summed E-state index contributed by atoms with van der Waals surface area (Å²) in [7, 11) is 0. The first-order valence-electron chi connectivity index (χ1n) is 9.12. The molecule has 1 aromatic rings. The Labute approximate surface area is 167 Å². The van der Waals surface area contributed by atoms with Crippen LogP contribution in [0.25, 0.3) is 0 Å². The quantitative estimate of drug-likeness (QED) is 0.744. The largest absolute Gasteiger partial charge is 0.410 e. The maximum absolute atomic E-state index is 12.8. The first-order valence-corrected chi connectivity index (χ1v) is 9.49. The number of alkyl halides is 3. The molecule has 5 nitrogen and oxygen atoms in total. The van der Waals surface area contributed by atoms with Crippen molar-refractivity contribution in [3.05, 3.63) is 34.9 Å². The molecule has 1 aromatic carbocycles. The zero-order valence-electron chi connectivity index (χ0n) is 15.9. The molecule has 1 aliphatic heterocycles. The van der Waals surface area contributed by atoms with Crippen LogP contribution in [-0.4, -0.2) is 54.6 Å². The topological polar surface area (TPSA) is 61.4 Å². The minimum atomic E-state index is -4.50. The summed E-state index contributed by atoms with van der Waals surface area (Å²) in [6, 6.07) is 6.69. The van der Waals surface area contributed by atoms with Gasteiger partial charge in [-0.3, -0.25) is 14.5 Å². The maximum atomic E-state index is 12.8. The third-order valence-electron chi connectivity index (χ3n) is 4.87. The van der Waals surface area contributed by atoms with E-state index in [1.165, 1.54) is 0 Å². The zero-order valence-corrected chi connectivity index (χ0v) is 16.7. The van der Waals surface area contributed by atoms with Crippen LogP contribution in [0.4, 0.5) is 13.2 Å². The second-order valence-electron chi connectivity index (χ2n) is 7.61. The summed E-state index contributed by atoms with van der Waals surface area (Å²) < 4.78 is 38.5. The van der Waals surface area contributed by atoms with Crippen LogP contribution in [-0.2, 0) is 4.79 Å². The van der Waals surface area contributed by atoms with Crippen LogP contribution in [0.5, 0.6) is 0 Å². The van der Waals surface area contributed by atoms with Gasteiger partial charge in [0.2, 0.25) is 5.91 Å². The van der Waals surface area contributed by atoms with Crippen LogP contribution in [0, 0.1) is 5.92 Å². The van der Waals surface area contributed by atoms with Gasteiger partial charge in [-0.15, -0.1) is 0 Å². The fraction of sp³-hybridized carbons (Fsp3) is 0.579. The van der Waals surface area contributed by atoms with E-state index in [0.29, 0.717) is 30.2 Å². The number of carbonyl (C=O) groups excluding carboxylic acids is 2. The number of carbonyl (C=O) groups is 2. The van der Waals surface area contributed by atoms with Gasteiger partial charge in [0.25, 0.3) is 5.91 Å². The number of hydrogen-bond acceptors (Lipinski definition) is 3. The van der Waals surface area contributed by atoms with Crippen molar-refractivity contribution in [1.82, 2.24) is 15.5 Å². The van der Waals surface area contributed by atoms with Gasteiger partial charge in [-0.2, -0.15) is 13.2 Å². The number of halogens is 4. The van der Waals surface area contributed by atoms with Crippen molar-refractivity contribution >= 4 is 23.4 Å². The van der Waals surface area contributed by atoms with Crippen molar-refractivity contribution in [2.24, 2.45) is 5.92 Å². The number of nitrogens with one attached hydrogen (secondary N) is 2. The highest BCUT2D eigenvalue weighted by atomic mass is 35.5. The average Bonchev–Trinajstić information content (AvgIpc) is 2.59. The smallest absolute Gasteiger partial charge is 0.352 e. The predicted octanol–water partition coefficient (Wildman–Crippen LogP) is 3.24. The van der Waals surface area contributed by atoms with Gasteiger partial charge in [0.1, 0.15) is 5.54 Å². The van der Waals surface area contributed by atoms with Gasteiger partial charge in [0.05, 0.1) is 6.54 Å². The van der Waals surface area contributed by atoms with E-state index < -0.39 is 17.6 Å². The number of benzene rings is 1. The summed E-state index contributed by atoms with van der Waals surface area (Å²) in [5.41, 5.74) is -1.76. The molecule has 0 unspecified atom stereocenters. The highest BCUT2D eigenvalue weighted by Crippen LogP contribution is 2.29. The minimum absolute atomic E-state index is 0.0683. The Bertz CT molecular complexity index is 702. The second-order valence-corrected chi connectivity index (χ2v) is 8.05. The molecule has 0 aromatic heterocycles. The number of piperidine rings is 1. The molecule has 1 saturated heterocycles. The van der Waals surface area contributed by atoms with Crippen molar-refractivity contribution in [2.75, 3.05) is 26.2 Å². The summed E-state index contributed by atoms with van der Waals surface area (Å²) in [5.74, 6) is -0.581. The molecule has 2 amide bonds. The molecule has 0 atom stereocenters. The molecule has 0 radical (unpaired) electrons. The van der Waals surface area contributed by atoms with Crippen molar-refractivity contribution in [1.29, 1.82) is 0 Å². The van der Waals surface area contributed by atoms with Gasteiger partial charge in [-0.05, 0) is 63.9 Å². The van der Waals surface area contributed by atoms with Gasteiger partial charge in [-0.25, -0.2) is 0 Å². The third-order valence-corrected chi connectivity index (χ3v) is 5.11. The number of likely N-dealkylation sites (tertiary alicyclic amines) is 1. The van der Waals surface area contributed by atoms with Crippen molar-refractivity contribution in [2.45, 2.75) is 38.4 Å². The Morgan fingerprint density at radius 3 is 2.43 bits per heavy atom. The molecule has 2 N–H and O–H groups in total. The maximum Gasteiger partial charge on any atom is 0.410 e. The molecule has 2 rings (SSSR count). The molecule has 0 aliphatic carbocycles. The third kappa shape index (κ3) is 6.38. The zero-order chi connectivity index (χ0) is 20.9. The lowest BCUT2D eigenvalue weighted by atomic mass is 9.96. The Hall–Kier alpha value is -1.80. The highest BCUT2D eigenvalue weighted by Gasteiger charge is 2.48. The van der Waals surface area contributed by atoms with Crippen LogP contribution >= 0.6 is 11.6 Å². The van der Waals surface area contributed by atoms with Crippen molar-refractivity contribution < 1.29 is 22.8 Å². The lowest BCUT2D eigenvalue weighted by Gasteiger charge is -2.33. The van der Waals surface area contributed by atoms with Gasteiger partial charge in [0, 0.05) is 17.1 Å². The summed E-state index contributed by atoms with van der Waals surface area (Å²) in [6.45, 7) is 3.52. The van der Waals surface area contributed by atoms with Crippen LogP contribution in [0.15, 0.2) is 24.3 Å². The molecule has 1 aliphatic rings. The van der Waals surface area contributed by atoms with Gasteiger partial charge in [0.15, 0.2) is 0 Å². The standard InChI is InChI=1S/C19H25ClF3N3O2/c1-18(2,19(21,22)23)25-16(27)12-26-8-6-13(7-9-26)11-24-17(28)14-4-3-5-15(20)10-14/h3-5,10,13H,6-9,11-12H2,1-2H3,(H,24,28)(H,25,27). The van der Waals surface area contributed by atoms with Gasteiger partial charge in [-0.1, -0.05) is 17.7 Å². The first kappa shape index (κ1) is 22.5. The molecule has 28 heavy (non-hydrogen) atoms. The lowest BCUT2D eigenvalue weighted by molar-refractivity contribution is -0.188. The molecule has 0 spiro atoms. The highest BCUT2D eigenvalue weighted by molar-refractivity contribution is 6.30. The monoisotopic (exact) mass is 419 g/mol. The average molecular weight is 420 g/mol. The normalized spacial score (nSPS) is 16.6. The first-order chi connectivity index (χ1) is 13.0. The van der Waals surface area contributed by atoms with Gasteiger partial charge >= 0.3 is 6.18 Å². The predicted molar refractivity (Wildman–Crippen MR) is 101 cm³/mol. The summed E-state index contributed by atoms with van der Waals surface area (Å²) in [4.78, 5) is 25.9. The molecule has 156 valence electrons. The molecule has 1 heterocycles. The summed E-state index contributed by atoms with van der Waals surface area (Å²) in [5, 5.41) is 5.42. The van der Waals surface area contributed by atoms with Crippen molar-refractivity contribution in [3.63, 3.8) is 0 Å². The van der Waals surface area contributed by atoms with Crippen molar-refractivity contribution in [3.8, 4) is 0 Å². The van der Waals surface area contributed by atoms with E-state index in [9.17, 15) is 22.8 Å². The van der Waals surface area contributed by atoms with E-state index >= 15 is 0 Å².